The van der Waals surface area contributed by atoms with Crippen LogP contribution in [0.1, 0.15) is 22.0 Å². The molecule has 0 saturated carbocycles. The van der Waals surface area contributed by atoms with Crippen LogP contribution in [0.3, 0.4) is 0 Å². The fourth-order valence-electron chi connectivity index (χ4n) is 2.02. The molecule has 0 fully saturated rings. The monoisotopic (exact) mass is 387 g/mol. The highest BCUT2D eigenvalue weighted by Gasteiger charge is 2.12. The van der Waals surface area contributed by atoms with Crippen LogP contribution in [0.15, 0.2) is 38.6 Å². The molecule has 2 aromatic rings. The van der Waals surface area contributed by atoms with Crippen molar-refractivity contribution in [3.8, 4) is 0 Å². The number of rotatable bonds is 4. The SMILES string of the molecule is CNC(Cc1ccc(Br)s1)c1cc(C)cc(Br)c1. The molecule has 1 heterocycles. The van der Waals surface area contributed by atoms with Gasteiger partial charge < -0.3 is 5.32 Å². The molecule has 0 radical (unpaired) electrons. The molecule has 2 rings (SSSR count). The molecule has 96 valence electrons. The quantitative estimate of drug-likeness (QED) is 0.769. The number of nitrogens with one attached hydrogen (secondary N) is 1. The van der Waals surface area contributed by atoms with Gasteiger partial charge in [0.1, 0.15) is 0 Å². The number of thiophene rings is 1. The summed E-state index contributed by atoms with van der Waals surface area (Å²) in [5.74, 6) is 0. The van der Waals surface area contributed by atoms with Crippen molar-refractivity contribution in [3.63, 3.8) is 0 Å². The van der Waals surface area contributed by atoms with E-state index in [0.717, 1.165) is 10.9 Å². The van der Waals surface area contributed by atoms with Crippen molar-refractivity contribution in [2.45, 2.75) is 19.4 Å². The van der Waals surface area contributed by atoms with Crippen LogP contribution in [-0.4, -0.2) is 7.05 Å². The Labute approximate surface area is 129 Å². The Hall–Kier alpha value is -0.160. The third kappa shape index (κ3) is 3.67. The summed E-state index contributed by atoms with van der Waals surface area (Å²) in [4.78, 5) is 1.39. The van der Waals surface area contributed by atoms with Gasteiger partial charge in [0.25, 0.3) is 0 Å². The summed E-state index contributed by atoms with van der Waals surface area (Å²) in [6, 6.07) is 11.2. The molecular formula is C14H15Br2NS. The second kappa shape index (κ2) is 6.33. The molecule has 0 aliphatic rings. The molecule has 1 aromatic carbocycles. The highest BCUT2D eigenvalue weighted by atomic mass is 79.9. The predicted octanol–water partition coefficient (Wildman–Crippen LogP) is 5.08. The Bertz CT molecular complexity index is 516. The van der Waals surface area contributed by atoms with E-state index in [-0.39, 0.29) is 0 Å². The fourth-order valence-corrected chi connectivity index (χ4v) is 4.17. The van der Waals surface area contributed by atoms with Gasteiger partial charge in [0.15, 0.2) is 0 Å². The molecule has 1 N–H and O–H groups in total. The van der Waals surface area contributed by atoms with Gasteiger partial charge in [-0.2, -0.15) is 0 Å². The summed E-state index contributed by atoms with van der Waals surface area (Å²) in [6.07, 6.45) is 1.02. The van der Waals surface area contributed by atoms with Gasteiger partial charge in [-0.3, -0.25) is 0 Å². The van der Waals surface area contributed by atoms with E-state index in [4.69, 9.17) is 0 Å². The number of benzene rings is 1. The van der Waals surface area contributed by atoms with Crippen molar-refractivity contribution in [1.29, 1.82) is 0 Å². The highest BCUT2D eigenvalue weighted by Crippen LogP contribution is 2.28. The Morgan fingerprint density at radius 3 is 2.56 bits per heavy atom. The van der Waals surface area contributed by atoms with Crippen LogP contribution in [0, 0.1) is 6.92 Å². The molecule has 1 nitrogen and oxygen atoms in total. The van der Waals surface area contributed by atoms with Crippen molar-refractivity contribution < 1.29 is 0 Å². The van der Waals surface area contributed by atoms with Crippen LogP contribution in [0.4, 0.5) is 0 Å². The van der Waals surface area contributed by atoms with Gasteiger partial charge in [-0.05, 0) is 65.3 Å². The van der Waals surface area contributed by atoms with E-state index in [1.165, 1.54) is 19.8 Å². The standard InChI is InChI=1S/C14H15Br2NS/c1-9-5-10(7-11(15)6-9)13(17-2)8-12-3-4-14(16)18-12/h3-7,13,17H,8H2,1-2H3. The van der Waals surface area contributed by atoms with Crippen molar-refractivity contribution in [2.24, 2.45) is 0 Å². The zero-order valence-electron chi connectivity index (χ0n) is 10.3. The Kier molecular flexibility index (Phi) is 5.01. The average molecular weight is 389 g/mol. The first-order valence-electron chi connectivity index (χ1n) is 5.77. The zero-order valence-corrected chi connectivity index (χ0v) is 14.3. The first-order valence-corrected chi connectivity index (χ1v) is 8.17. The normalized spacial score (nSPS) is 12.7. The third-order valence-corrected chi connectivity index (χ3v) is 4.95. The predicted molar refractivity (Wildman–Crippen MR) is 86.4 cm³/mol. The molecule has 0 amide bonds. The molecule has 0 bridgehead atoms. The lowest BCUT2D eigenvalue weighted by atomic mass is 10.0. The number of likely N-dealkylation sites (N-methyl/N-ethyl adjacent to an activating group) is 1. The molecule has 0 saturated heterocycles. The minimum atomic E-state index is 0.353. The van der Waals surface area contributed by atoms with Crippen LogP contribution in [0.2, 0.25) is 0 Å². The van der Waals surface area contributed by atoms with Crippen molar-refractivity contribution >= 4 is 43.2 Å². The largest absolute Gasteiger partial charge is 0.313 e. The second-order valence-corrected chi connectivity index (χ2v) is 7.78. The number of halogens is 2. The highest BCUT2D eigenvalue weighted by molar-refractivity contribution is 9.11. The Morgan fingerprint density at radius 1 is 1.22 bits per heavy atom. The van der Waals surface area contributed by atoms with Crippen molar-refractivity contribution in [2.75, 3.05) is 7.05 Å². The number of hydrogen-bond acceptors (Lipinski definition) is 2. The topological polar surface area (TPSA) is 12.0 Å². The van der Waals surface area contributed by atoms with E-state index in [1.807, 2.05) is 7.05 Å². The fraction of sp³-hybridized carbons (Fsp3) is 0.286. The van der Waals surface area contributed by atoms with Gasteiger partial charge in [0.2, 0.25) is 0 Å². The maximum absolute atomic E-state index is 3.57. The van der Waals surface area contributed by atoms with Crippen LogP contribution >= 0.6 is 43.2 Å². The van der Waals surface area contributed by atoms with Gasteiger partial charge in [-0.1, -0.05) is 22.0 Å². The van der Waals surface area contributed by atoms with E-state index in [9.17, 15) is 0 Å². The van der Waals surface area contributed by atoms with Crippen LogP contribution < -0.4 is 5.32 Å². The first kappa shape index (κ1) is 14.3. The van der Waals surface area contributed by atoms with Crippen LogP contribution in [0.5, 0.6) is 0 Å². The zero-order chi connectivity index (χ0) is 13.1. The molecule has 18 heavy (non-hydrogen) atoms. The van der Waals surface area contributed by atoms with Crippen LogP contribution in [0.25, 0.3) is 0 Å². The van der Waals surface area contributed by atoms with E-state index in [0.29, 0.717) is 6.04 Å². The molecule has 0 spiro atoms. The van der Waals surface area contributed by atoms with Gasteiger partial charge in [0.05, 0.1) is 3.79 Å². The average Bonchev–Trinajstić information content (AvgIpc) is 2.70. The van der Waals surface area contributed by atoms with Gasteiger partial charge >= 0.3 is 0 Å². The van der Waals surface area contributed by atoms with Gasteiger partial charge in [0, 0.05) is 21.8 Å². The molecular weight excluding hydrogens is 374 g/mol. The van der Waals surface area contributed by atoms with E-state index >= 15 is 0 Å². The van der Waals surface area contributed by atoms with Gasteiger partial charge in [-0.25, -0.2) is 0 Å². The van der Waals surface area contributed by atoms with E-state index in [2.05, 4.69) is 74.4 Å². The lowest BCUT2D eigenvalue weighted by Gasteiger charge is -2.17. The summed E-state index contributed by atoms with van der Waals surface area (Å²) < 4.78 is 2.34. The smallest absolute Gasteiger partial charge is 0.0701 e. The van der Waals surface area contributed by atoms with Crippen molar-refractivity contribution in [3.05, 3.63) is 54.6 Å². The van der Waals surface area contributed by atoms with Gasteiger partial charge in [-0.15, -0.1) is 11.3 Å². The summed E-state index contributed by atoms with van der Waals surface area (Å²) >= 11 is 8.88. The minimum Gasteiger partial charge on any atom is -0.313 e. The van der Waals surface area contributed by atoms with Crippen molar-refractivity contribution in [1.82, 2.24) is 5.32 Å². The second-order valence-electron chi connectivity index (χ2n) is 4.31. The number of hydrogen-bond donors (Lipinski definition) is 1. The summed E-state index contributed by atoms with van der Waals surface area (Å²) in [7, 11) is 2.02. The lowest BCUT2D eigenvalue weighted by Crippen LogP contribution is -2.18. The molecule has 0 aliphatic heterocycles. The minimum absolute atomic E-state index is 0.353. The molecule has 1 atom stereocenters. The Balaban J connectivity index is 2.22. The van der Waals surface area contributed by atoms with Crippen LogP contribution in [-0.2, 0) is 6.42 Å². The summed E-state index contributed by atoms with van der Waals surface area (Å²) in [6.45, 7) is 2.13. The molecule has 4 heteroatoms. The summed E-state index contributed by atoms with van der Waals surface area (Å²) in [5.41, 5.74) is 2.61. The molecule has 1 aromatic heterocycles. The first-order chi connectivity index (χ1) is 8.58. The lowest BCUT2D eigenvalue weighted by molar-refractivity contribution is 0.596. The molecule has 1 unspecified atom stereocenters. The molecule has 0 aliphatic carbocycles. The Morgan fingerprint density at radius 2 is 2.00 bits per heavy atom. The maximum Gasteiger partial charge on any atom is 0.0701 e. The maximum atomic E-state index is 3.57. The van der Waals surface area contributed by atoms with E-state index in [1.54, 1.807) is 11.3 Å². The summed E-state index contributed by atoms with van der Waals surface area (Å²) in [5, 5.41) is 3.40. The number of aryl methyl sites for hydroxylation is 1. The third-order valence-electron chi connectivity index (χ3n) is 2.85. The van der Waals surface area contributed by atoms with E-state index < -0.39 is 0 Å².